The molecule has 1 aliphatic heterocycles. The number of ether oxygens (including phenoxy) is 1. The molecule has 2 unspecified atom stereocenters. The first-order valence-electron chi connectivity index (χ1n) is 8.55. The van der Waals surface area contributed by atoms with E-state index in [1.807, 2.05) is 25.7 Å². The molecule has 0 aliphatic carbocycles. The Balaban J connectivity index is 2.23. The van der Waals surface area contributed by atoms with Gasteiger partial charge in [-0.1, -0.05) is 32.6 Å². The third kappa shape index (κ3) is 7.70. The van der Waals surface area contributed by atoms with E-state index in [1.165, 1.54) is 32.1 Å². The number of hydrogen-bond acceptors (Lipinski definition) is 3. The molecule has 1 rings (SSSR count). The monoisotopic (exact) mass is 298 g/mol. The van der Waals surface area contributed by atoms with Gasteiger partial charge < -0.3 is 15.0 Å². The SMILES string of the molecule is CCCCCCC(C)NC1CCN(C(=O)OC(C)(C)C)C1. The van der Waals surface area contributed by atoms with Gasteiger partial charge in [0.1, 0.15) is 5.60 Å². The number of nitrogens with one attached hydrogen (secondary N) is 1. The molecule has 1 heterocycles. The van der Waals surface area contributed by atoms with Crippen molar-refractivity contribution >= 4 is 6.09 Å². The van der Waals surface area contributed by atoms with E-state index in [1.54, 1.807) is 0 Å². The van der Waals surface area contributed by atoms with Crippen molar-refractivity contribution in [2.75, 3.05) is 13.1 Å². The van der Waals surface area contributed by atoms with Crippen molar-refractivity contribution in [3.63, 3.8) is 0 Å². The molecule has 0 radical (unpaired) electrons. The molecule has 0 saturated carbocycles. The number of unbranched alkanes of at least 4 members (excludes halogenated alkanes) is 3. The minimum atomic E-state index is -0.408. The molecule has 1 N–H and O–H groups in total. The van der Waals surface area contributed by atoms with Crippen molar-refractivity contribution in [2.45, 2.75) is 90.8 Å². The summed E-state index contributed by atoms with van der Waals surface area (Å²) >= 11 is 0. The predicted octanol–water partition coefficient (Wildman–Crippen LogP) is 3.94. The lowest BCUT2D eigenvalue weighted by Crippen LogP contribution is -2.41. The molecule has 21 heavy (non-hydrogen) atoms. The number of amides is 1. The first-order chi connectivity index (χ1) is 9.81. The smallest absolute Gasteiger partial charge is 0.410 e. The van der Waals surface area contributed by atoms with Gasteiger partial charge in [-0.15, -0.1) is 0 Å². The average molecular weight is 298 g/mol. The van der Waals surface area contributed by atoms with Gasteiger partial charge in [-0.3, -0.25) is 0 Å². The van der Waals surface area contributed by atoms with Crippen molar-refractivity contribution in [1.82, 2.24) is 10.2 Å². The van der Waals surface area contributed by atoms with Crippen LogP contribution in [0.3, 0.4) is 0 Å². The lowest BCUT2D eigenvalue weighted by atomic mass is 10.1. The zero-order valence-corrected chi connectivity index (χ0v) is 14.6. The van der Waals surface area contributed by atoms with Crippen LogP contribution < -0.4 is 5.32 Å². The number of hydrogen-bond donors (Lipinski definition) is 1. The Labute approximate surface area is 130 Å². The Hall–Kier alpha value is -0.770. The van der Waals surface area contributed by atoms with Gasteiger partial charge in [-0.05, 0) is 40.5 Å². The molecule has 2 atom stereocenters. The Bertz CT molecular complexity index is 312. The molecule has 124 valence electrons. The number of likely N-dealkylation sites (tertiary alicyclic amines) is 1. The molecule has 4 nitrogen and oxygen atoms in total. The molecule has 1 amide bonds. The minimum absolute atomic E-state index is 0.178. The van der Waals surface area contributed by atoms with Crippen LogP contribution in [0.25, 0.3) is 0 Å². The molecule has 1 saturated heterocycles. The van der Waals surface area contributed by atoms with Crippen LogP contribution in [0.15, 0.2) is 0 Å². The number of carbonyl (C=O) groups is 1. The highest BCUT2D eigenvalue weighted by molar-refractivity contribution is 5.68. The molecule has 4 heteroatoms. The summed E-state index contributed by atoms with van der Waals surface area (Å²) in [4.78, 5) is 13.8. The van der Waals surface area contributed by atoms with Crippen LogP contribution in [0.5, 0.6) is 0 Å². The van der Waals surface area contributed by atoms with Crippen LogP contribution in [-0.4, -0.2) is 41.8 Å². The molecule has 0 aromatic rings. The van der Waals surface area contributed by atoms with E-state index < -0.39 is 5.60 Å². The zero-order chi connectivity index (χ0) is 15.9. The lowest BCUT2D eigenvalue weighted by molar-refractivity contribution is 0.0290. The van der Waals surface area contributed by atoms with E-state index in [2.05, 4.69) is 19.2 Å². The highest BCUT2D eigenvalue weighted by atomic mass is 16.6. The van der Waals surface area contributed by atoms with Crippen LogP contribution in [0.2, 0.25) is 0 Å². The molecular weight excluding hydrogens is 264 g/mol. The largest absolute Gasteiger partial charge is 0.444 e. The molecule has 0 spiro atoms. The summed E-state index contributed by atoms with van der Waals surface area (Å²) < 4.78 is 5.43. The zero-order valence-electron chi connectivity index (χ0n) is 14.6. The second-order valence-electron chi connectivity index (χ2n) is 7.33. The molecule has 1 aliphatic rings. The van der Waals surface area contributed by atoms with Gasteiger partial charge >= 0.3 is 6.09 Å². The maximum Gasteiger partial charge on any atom is 0.410 e. The van der Waals surface area contributed by atoms with Gasteiger partial charge in [-0.2, -0.15) is 0 Å². The molecule has 0 bridgehead atoms. The topological polar surface area (TPSA) is 41.6 Å². The van der Waals surface area contributed by atoms with Crippen LogP contribution in [0.4, 0.5) is 4.79 Å². The summed E-state index contributed by atoms with van der Waals surface area (Å²) in [6, 6.07) is 0.948. The maximum absolute atomic E-state index is 12.0. The third-order valence-electron chi connectivity index (χ3n) is 3.85. The standard InChI is InChI=1S/C17H34N2O2/c1-6-7-8-9-10-14(2)18-15-11-12-19(13-15)16(20)21-17(3,4)5/h14-15,18H,6-13H2,1-5H3. The minimum Gasteiger partial charge on any atom is -0.444 e. The second kappa shape index (κ2) is 8.62. The summed E-state index contributed by atoms with van der Waals surface area (Å²) in [6.07, 6.45) is 7.32. The first kappa shape index (κ1) is 18.3. The first-order valence-corrected chi connectivity index (χ1v) is 8.55. The Morgan fingerprint density at radius 2 is 2.05 bits per heavy atom. The van der Waals surface area contributed by atoms with Gasteiger partial charge in [0.05, 0.1) is 0 Å². The Kier molecular flexibility index (Phi) is 7.50. The van der Waals surface area contributed by atoms with E-state index >= 15 is 0 Å². The fourth-order valence-corrected chi connectivity index (χ4v) is 2.75. The van der Waals surface area contributed by atoms with Crippen LogP contribution in [0, 0.1) is 0 Å². The molecule has 1 fully saturated rings. The molecule has 0 aromatic heterocycles. The fraction of sp³-hybridized carbons (Fsp3) is 0.941. The van der Waals surface area contributed by atoms with Crippen molar-refractivity contribution in [3.05, 3.63) is 0 Å². The van der Waals surface area contributed by atoms with Gasteiger partial charge in [0, 0.05) is 25.2 Å². The summed E-state index contributed by atoms with van der Waals surface area (Å²) in [5.41, 5.74) is -0.408. The van der Waals surface area contributed by atoms with E-state index in [4.69, 9.17) is 4.74 Å². The van der Waals surface area contributed by atoms with Gasteiger partial charge in [0.25, 0.3) is 0 Å². The quantitative estimate of drug-likeness (QED) is 0.724. The van der Waals surface area contributed by atoms with E-state index in [0.29, 0.717) is 12.1 Å². The summed E-state index contributed by atoms with van der Waals surface area (Å²) in [7, 11) is 0. The normalized spacial score (nSPS) is 20.6. The summed E-state index contributed by atoms with van der Waals surface area (Å²) in [6.45, 7) is 11.8. The van der Waals surface area contributed by atoms with Crippen molar-refractivity contribution in [1.29, 1.82) is 0 Å². The highest BCUT2D eigenvalue weighted by Crippen LogP contribution is 2.16. The van der Waals surface area contributed by atoms with Crippen LogP contribution in [0.1, 0.15) is 73.1 Å². The number of nitrogens with zero attached hydrogens (tertiary/aromatic N) is 1. The van der Waals surface area contributed by atoms with Crippen LogP contribution in [-0.2, 0) is 4.74 Å². The highest BCUT2D eigenvalue weighted by Gasteiger charge is 2.30. The van der Waals surface area contributed by atoms with Gasteiger partial charge in [0.15, 0.2) is 0 Å². The van der Waals surface area contributed by atoms with Crippen molar-refractivity contribution in [2.24, 2.45) is 0 Å². The third-order valence-corrected chi connectivity index (χ3v) is 3.85. The Morgan fingerprint density at radius 1 is 1.33 bits per heavy atom. The number of rotatable bonds is 7. The number of carbonyl (C=O) groups excluding carboxylic acids is 1. The van der Waals surface area contributed by atoms with E-state index in [9.17, 15) is 4.79 Å². The molecule has 0 aromatic carbocycles. The lowest BCUT2D eigenvalue weighted by Gasteiger charge is -2.25. The summed E-state index contributed by atoms with van der Waals surface area (Å²) in [5, 5.41) is 3.65. The van der Waals surface area contributed by atoms with Gasteiger partial charge in [0.2, 0.25) is 0 Å². The van der Waals surface area contributed by atoms with E-state index in [-0.39, 0.29) is 6.09 Å². The second-order valence-corrected chi connectivity index (χ2v) is 7.33. The maximum atomic E-state index is 12.0. The van der Waals surface area contributed by atoms with Crippen LogP contribution >= 0.6 is 0 Å². The molecular formula is C17H34N2O2. The summed E-state index contributed by atoms with van der Waals surface area (Å²) in [5.74, 6) is 0. The van der Waals surface area contributed by atoms with Crippen molar-refractivity contribution < 1.29 is 9.53 Å². The Morgan fingerprint density at radius 3 is 2.67 bits per heavy atom. The predicted molar refractivity (Wildman–Crippen MR) is 87.6 cm³/mol. The van der Waals surface area contributed by atoms with E-state index in [0.717, 1.165) is 19.5 Å². The van der Waals surface area contributed by atoms with Gasteiger partial charge in [-0.25, -0.2) is 4.79 Å². The average Bonchev–Trinajstić information content (AvgIpc) is 2.81. The van der Waals surface area contributed by atoms with Crippen molar-refractivity contribution in [3.8, 4) is 0 Å². The fourth-order valence-electron chi connectivity index (χ4n) is 2.75.